The fourth-order valence-electron chi connectivity index (χ4n) is 4.81. The van der Waals surface area contributed by atoms with E-state index < -0.39 is 5.97 Å². The predicted molar refractivity (Wildman–Crippen MR) is 133 cm³/mol. The molecule has 6 heteroatoms. The van der Waals surface area contributed by atoms with Crippen molar-refractivity contribution < 1.29 is 14.7 Å². The van der Waals surface area contributed by atoms with Crippen molar-refractivity contribution in [3.8, 4) is 0 Å². The highest BCUT2D eigenvalue weighted by molar-refractivity contribution is 6.06. The van der Waals surface area contributed by atoms with Crippen molar-refractivity contribution in [3.05, 3.63) is 95.6 Å². The third-order valence-corrected chi connectivity index (χ3v) is 6.95. The van der Waals surface area contributed by atoms with Gasteiger partial charge in [0.2, 0.25) is 0 Å². The molecule has 0 saturated carbocycles. The summed E-state index contributed by atoms with van der Waals surface area (Å²) in [4.78, 5) is 30.0. The first kappa shape index (κ1) is 22.2. The van der Waals surface area contributed by atoms with Crippen LogP contribution in [0.3, 0.4) is 0 Å². The first-order chi connectivity index (χ1) is 16.5. The normalized spacial score (nSPS) is 17.6. The van der Waals surface area contributed by atoms with E-state index >= 15 is 0 Å². The molecule has 174 valence electrons. The molecule has 1 unspecified atom stereocenters. The van der Waals surface area contributed by atoms with Gasteiger partial charge in [-0.2, -0.15) is 0 Å². The maximum absolute atomic E-state index is 13.3. The Morgan fingerprint density at radius 3 is 2.21 bits per heavy atom. The van der Waals surface area contributed by atoms with Crippen LogP contribution in [0.25, 0.3) is 0 Å². The van der Waals surface area contributed by atoms with Crippen molar-refractivity contribution in [2.75, 3.05) is 36.0 Å². The number of likely N-dealkylation sites (tertiary alicyclic amines) is 1. The zero-order valence-corrected chi connectivity index (χ0v) is 19.3. The van der Waals surface area contributed by atoms with Gasteiger partial charge in [-0.25, -0.2) is 4.79 Å². The van der Waals surface area contributed by atoms with Gasteiger partial charge in [0.05, 0.1) is 5.92 Å². The Bertz CT molecular complexity index is 1170. The van der Waals surface area contributed by atoms with E-state index in [0.29, 0.717) is 26.2 Å². The topological polar surface area (TPSA) is 64.1 Å². The number of nitrogens with zero attached hydrogens (tertiary/aromatic N) is 3. The molecule has 6 nitrogen and oxygen atoms in total. The van der Waals surface area contributed by atoms with Gasteiger partial charge in [0, 0.05) is 50.0 Å². The Kier molecular flexibility index (Phi) is 6.07. The predicted octanol–water partition coefficient (Wildman–Crippen LogP) is 4.80. The Labute approximate surface area is 200 Å². The largest absolute Gasteiger partial charge is 0.481 e. The van der Waals surface area contributed by atoms with Crippen molar-refractivity contribution in [3.63, 3.8) is 0 Å². The number of carboxylic acids is 1. The molecular formula is C28H29N3O3. The number of urea groups is 1. The molecule has 0 spiro atoms. The Hall–Kier alpha value is -3.64. The number of amides is 2. The number of carbonyl (C=O) groups is 2. The van der Waals surface area contributed by atoms with Crippen LogP contribution in [0.4, 0.5) is 16.2 Å². The van der Waals surface area contributed by atoms with E-state index in [4.69, 9.17) is 5.11 Å². The van der Waals surface area contributed by atoms with Crippen molar-refractivity contribution in [2.24, 2.45) is 5.92 Å². The molecule has 2 saturated heterocycles. The smallest absolute Gasteiger partial charge is 0.329 e. The molecule has 0 bridgehead atoms. The van der Waals surface area contributed by atoms with Crippen LogP contribution in [0, 0.1) is 5.92 Å². The molecule has 2 aliphatic rings. The van der Waals surface area contributed by atoms with Gasteiger partial charge >= 0.3 is 12.0 Å². The van der Waals surface area contributed by atoms with Crippen LogP contribution in [0.5, 0.6) is 0 Å². The standard InChI is InChI=1S/C28H29N3O3/c1-20(22-6-3-2-4-7-22)23-8-5-9-26(16-23)31-15-14-30(28(31)34)25-12-10-21(11-13-25)17-29-18-24(19-29)27(32)33/h2-13,16,20,24H,14-15,17-19H2,1H3,(H,32,33). The third-order valence-electron chi connectivity index (χ3n) is 6.95. The lowest BCUT2D eigenvalue weighted by Gasteiger charge is -2.36. The van der Waals surface area contributed by atoms with Crippen molar-refractivity contribution in [2.45, 2.75) is 19.4 Å². The van der Waals surface area contributed by atoms with Gasteiger partial charge in [-0.15, -0.1) is 0 Å². The molecule has 2 aliphatic heterocycles. The maximum atomic E-state index is 13.3. The zero-order valence-electron chi connectivity index (χ0n) is 19.3. The van der Waals surface area contributed by atoms with Gasteiger partial charge in [0.1, 0.15) is 0 Å². The number of hydrogen-bond donors (Lipinski definition) is 1. The van der Waals surface area contributed by atoms with E-state index in [0.717, 1.165) is 23.5 Å². The minimum atomic E-state index is -0.719. The zero-order chi connectivity index (χ0) is 23.7. The van der Waals surface area contributed by atoms with Gasteiger partial charge in [0.15, 0.2) is 0 Å². The third kappa shape index (κ3) is 4.41. The van der Waals surface area contributed by atoms with Gasteiger partial charge in [-0.1, -0.05) is 61.5 Å². The van der Waals surface area contributed by atoms with Gasteiger partial charge in [-0.3, -0.25) is 19.5 Å². The summed E-state index contributed by atoms with van der Waals surface area (Å²) in [7, 11) is 0. The first-order valence-corrected chi connectivity index (χ1v) is 11.8. The number of hydrogen-bond acceptors (Lipinski definition) is 3. The second-order valence-electron chi connectivity index (χ2n) is 9.21. The van der Waals surface area contributed by atoms with Crippen molar-refractivity contribution in [1.82, 2.24) is 4.90 Å². The Morgan fingerprint density at radius 2 is 1.53 bits per heavy atom. The summed E-state index contributed by atoms with van der Waals surface area (Å²) in [5.74, 6) is -0.717. The van der Waals surface area contributed by atoms with Crippen molar-refractivity contribution >= 4 is 23.4 Å². The molecule has 3 aromatic rings. The number of rotatable bonds is 7. The SMILES string of the molecule is CC(c1ccccc1)c1cccc(N2CCN(c3ccc(CN4CC(C(=O)O)C4)cc3)C2=O)c1. The molecule has 34 heavy (non-hydrogen) atoms. The van der Waals surface area contributed by atoms with Crippen LogP contribution in [0.1, 0.15) is 29.5 Å². The molecule has 2 fully saturated rings. The molecule has 0 radical (unpaired) electrons. The van der Waals surface area contributed by atoms with Crippen LogP contribution in [0.15, 0.2) is 78.9 Å². The molecule has 0 aliphatic carbocycles. The average Bonchev–Trinajstić information content (AvgIpc) is 3.22. The number of carboxylic acid groups (broad SMARTS) is 1. The molecule has 2 amide bonds. The van der Waals surface area contributed by atoms with Crippen LogP contribution in [-0.2, 0) is 11.3 Å². The van der Waals surface area contributed by atoms with Crippen molar-refractivity contribution in [1.29, 1.82) is 0 Å². The van der Waals surface area contributed by atoms with Gasteiger partial charge in [0.25, 0.3) is 0 Å². The molecule has 2 heterocycles. The minimum Gasteiger partial charge on any atom is -0.481 e. The summed E-state index contributed by atoms with van der Waals surface area (Å²) in [5.41, 5.74) is 5.38. The molecule has 0 aromatic heterocycles. The molecule has 1 N–H and O–H groups in total. The van der Waals surface area contributed by atoms with Gasteiger partial charge in [-0.05, 0) is 41.0 Å². The fraction of sp³-hybridized carbons (Fsp3) is 0.286. The summed E-state index contributed by atoms with van der Waals surface area (Å²) < 4.78 is 0. The highest BCUT2D eigenvalue weighted by Gasteiger charge is 2.33. The minimum absolute atomic E-state index is 0.00990. The second-order valence-corrected chi connectivity index (χ2v) is 9.21. The van der Waals surface area contributed by atoms with Crippen LogP contribution >= 0.6 is 0 Å². The Balaban J connectivity index is 1.25. The summed E-state index contributed by atoms with van der Waals surface area (Å²) in [6.45, 7) is 5.40. The number of carbonyl (C=O) groups excluding carboxylic acids is 1. The molecule has 3 aromatic carbocycles. The van der Waals surface area contributed by atoms with E-state index in [1.54, 1.807) is 0 Å². The lowest BCUT2D eigenvalue weighted by molar-refractivity contribution is -0.147. The van der Waals surface area contributed by atoms with Crippen LogP contribution in [-0.4, -0.2) is 48.2 Å². The average molecular weight is 456 g/mol. The van der Waals surface area contributed by atoms with E-state index in [-0.39, 0.29) is 17.9 Å². The lowest BCUT2D eigenvalue weighted by atomic mass is 9.93. The number of aliphatic carboxylic acids is 1. The lowest BCUT2D eigenvalue weighted by Crippen LogP contribution is -2.49. The highest BCUT2D eigenvalue weighted by atomic mass is 16.4. The first-order valence-electron chi connectivity index (χ1n) is 11.8. The quantitative estimate of drug-likeness (QED) is 0.556. The number of anilines is 2. The second kappa shape index (κ2) is 9.31. The highest BCUT2D eigenvalue weighted by Crippen LogP contribution is 2.30. The Morgan fingerprint density at radius 1 is 0.882 bits per heavy atom. The van der Waals surface area contributed by atoms with E-state index in [9.17, 15) is 9.59 Å². The summed E-state index contributed by atoms with van der Waals surface area (Å²) >= 11 is 0. The summed E-state index contributed by atoms with van der Waals surface area (Å²) in [6.07, 6.45) is 0. The number of benzene rings is 3. The van der Waals surface area contributed by atoms with Gasteiger partial charge < -0.3 is 5.11 Å². The van der Waals surface area contributed by atoms with Crippen LogP contribution in [0.2, 0.25) is 0 Å². The maximum Gasteiger partial charge on any atom is 0.329 e. The summed E-state index contributed by atoms with van der Waals surface area (Å²) in [6, 6.07) is 26.7. The molecule has 5 rings (SSSR count). The van der Waals surface area contributed by atoms with E-state index in [2.05, 4.69) is 48.2 Å². The fourth-order valence-corrected chi connectivity index (χ4v) is 4.81. The van der Waals surface area contributed by atoms with E-state index in [1.807, 2.05) is 52.3 Å². The monoisotopic (exact) mass is 455 g/mol. The molecule has 1 atom stereocenters. The molecular weight excluding hydrogens is 426 g/mol. The van der Waals surface area contributed by atoms with E-state index in [1.165, 1.54) is 11.1 Å². The van der Waals surface area contributed by atoms with Crippen LogP contribution < -0.4 is 9.80 Å². The summed E-state index contributed by atoms with van der Waals surface area (Å²) in [5, 5.41) is 9.03.